The van der Waals surface area contributed by atoms with E-state index in [0.717, 1.165) is 17.9 Å². The van der Waals surface area contributed by atoms with Crippen LogP contribution in [0, 0.1) is 0 Å². The van der Waals surface area contributed by atoms with Crippen molar-refractivity contribution in [3.63, 3.8) is 0 Å². The molecule has 0 N–H and O–H groups in total. The quantitative estimate of drug-likeness (QED) is 0.802. The molecule has 3 rings (SSSR count). The number of nitrogens with zero attached hydrogens (tertiary/aromatic N) is 3. The molecule has 5 heteroatoms. The van der Waals surface area contributed by atoms with Crippen molar-refractivity contribution < 1.29 is 9.53 Å². The lowest BCUT2D eigenvalue weighted by atomic mass is 10.0. The summed E-state index contributed by atoms with van der Waals surface area (Å²) in [6.07, 6.45) is 2.45. The van der Waals surface area contributed by atoms with Crippen molar-refractivity contribution in [3.8, 4) is 0 Å². The average Bonchev–Trinajstić information content (AvgIpc) is 2.87. The molecule has 1 aliphatic heterocycles. The van der Waals surface area contributed by atoms with Gasteiger partial charge in [-0.3, -0.25) is 9.69 Å². The largest absolute Gasteiger partial charge is 0.468 e. The van der Waals surface area contributed by atoms with E-state index in [-0.39, 0.29) is 12.0 Å². The predicted octanol–water partition coefficient (Wildman–Crippen LogP) is 1.52. The van der Waals surface area contributed by atoms with Crippen LogP contribution in [0.1, 0.15) is 17.0 Å². The highest BCUT2D eigenvalue weighted by Gasteiger charge is 2.34. The van der Waals surface area contributed by atoms with Crippen molar-refractivity contribution in [1.82, 2.24) is 14.5 Å². The van der Waals surface area contributed by atoms with E-state index in [1.807, 2.05) is 36.1 Å². The van der Waals surface area contributed by atoms with Crippen LogP contribution >= 0.6 is 0 Å². The number of fused-ring (bicyclic) bond motifs is 1. The fourth-order valence-corrected chi connectivity index (χ4v) is 2.87. The lowest BCUT2D eigenvalue weighted by Gasteiger charge is -2.33. The minimum atomic E-state index is -0.252. The summed E-state index contributed by atoms with van der Waals surface area (Å²) in [5.41, 5.74) is 3.36. The molecule has 2 heterocycles. The zero-order valence-electron chi connectivity index (χ0n) is 12.3. The third-order valence-electron chi connectivity index (χ3n) is 4.03. The average molecular weight is 285 g/mol. The number of rotatable bonds is 3. The molecule has 0 radical (unpaired) electrons. The van der Waals surface area contributed by atoms with Gasteiger partial charge in [-0.2, -0.15) is 0 Å². The molecule has 0 amide bonds. The first-order chi connectivity index (χ1) is 10.2. The molecule has 0 bridgehead atoms. The molecular weight excluding hydrogens is 266 g/mol. The van der Waals surface area contributed by atoms with E-state index < -0.39 is 0 Å². The first-order valence-electron chi connectivity index (χ1n) is 7.04. The van der Waals surface area contributed by atoms with Crippen LogP contribution in [-0.2, 0) is 36.1 Å². The van der Waals surface area contributed by atoms with Gasteiger partial charge in [-0.05, 0) is 5.56 Å². The molecule has 0 saturated heterocycles. The van der Waals surface area contributed by atoms with Crippen molar-refractivity contribution >= 4 is 5.97 Å². The predicted molar refractivity (Wildman–Crippen MR) is 78.4 cm³/mol. The first kappa shape index (κ1) is 13.8. The zero-order valence-corrected chi connectivity index (χ0v) is 12.3. The standard InChI is InChI=1S/C16H19N3O2/c1-18-11-17-13-10-19(9-12-6-4-3-5-7-12)15(8-14(13)18)16(20)21-2/h3-7,11,15H,8-10H2,1-2H3. The Hall–Kier alpha value is -2.14. The number of imidazole rings is 1. The highest BCUT2D eigenvalue weighted by molar-refractivity contribution is 5.76. The summed E-state index contributed by atoms with van der Waals surface area (Å²) in [6.45, 7) is 1.39. The van der Waals surface area contributed by atoms with Gasteiger partial charge < -0.3 is 9.30 Å². The van der Waals surface area contributed by atoms with E-state index in [9.17, 15) is 4.79 Å². The number of methoxy groups -OCH3 is 1. The molecule has 1 aromatic carbocycles. The molecule has 1 aromatic heterocycles. The van der Waals surface area contributed by atoms with Crippen LogP contribution in [0.4, 0.5) is 0 Å². The van der Waals surface area contributed by atoms with Gasteiger partial charge in [0.1, 0.15) is 6.04 Å². The van der Waals surface area contributed by atoms with Crippen LogP contribution in [0.15, 0.2) is 36.7 Å². The van der Waals surface area contributed by atoms with Gasteiger partial charge in [-0.15, -0.1) is 0 Å². The molecule has 21 heavy (non-hydrogen) atoms. The monoisotopic (exact) mass is 285 g/mol. The van der Waals surface area contributed by atoms with Crippen LogP contribution < -0.4 is 0 Å². The van der Waals surface area contributed by atoms with Crippen molar-refractivity contribution in [2.45, 2.75) is 25.6 Å². The molecule has 1 unspecified atom stereocenters. The maximum atomic E-state index is 12.1. The third kappa shape index (κ3) is 2.69. The number of carbonyl (C=O) groups is 1. The van der Waals surface area contributed by atoms with Gasteiger partial charge in [0.15, 0.2) is 0 Å². The molecular formula is C16H19N3O2. The van der Waals surface area contributed by atoms with Crippen molar-refractivity contribution in [2.75, 3.05) is 7.11 Å². The molecule has 2 aromatic rings. The summed E-state index contributed by atoms with van der Waals surface area (Å²) < 4.78 is 6.97. The van der Waals surface area contributed by atoms with Gasteiger partial charge in [0.05, 0.1) is 19.1 Å². The zero-order chi connectivity index (χ0) is 14.8. The molecule has 1 aliphatic rings. The Kier molecular flexibility index (Phi) is 3.75. The molecule has 0 aliphatic carbocycles. The maximum Gasteiger partial charge on any atom is 0.323 e. The Balaban J connectivity index is 1.88. The van der Waals surface area contributed by atoms with Gasteiger partial charge in [-0.1, -0.05) is 30.3 Å². The topological polar surface area (TPSA) is 47.4 Å². The van der Waals surface area contributed by atoms with E-state index in [1.54, 1.807) is 0 Å². The highest BCUT2D eigenvalue weighted by Crippen LogP contribution is 2.24. The van der Waals surface area contributed by atoms with Crippen molar-refractivity contribution in [3.05, 3.63) is 53.6 Å². The van der Waals surface area contributed by atoms with Gasteiger partial charge in [0.2, 0.25) is 0 Å². The Bertz CT molecular complexity index is 636. The van der Waals surface area contributed by atoms with Crippen LogP contribution in [-0.4, -0.2) is 33.6 Å². The van der Waals surface area contributed by atoms with Crippen LogP contribution in [0.2, 0.25) is 0 Å². The van der Waals surface area contributed by atoms with E-state index in [1.165, 1.54) is 12.7 Å². The van der Waals surface area contributed by atoms with Gasteiger partial charge >= 0.3 is 5.97 Å². The van der Waals surface area contributed by atoms with Gasteiger partial charge in [0, 0.05) is 32.3 Å². The second-order valence-electron chi connectivity index (χ2n) is 5.38. The number of benzene rings is 1. The second kappa shape index (κ2) is 5.69. The summed E-state index contributed by atoms with van der Waals surface area (Å²) in [4.78, 5) is 18.7. The number of esters is 1. The number of carbonyl (C=O) groups excluding carboxylic acids is 1. The summed E-state index contributed by atoms with van der Waals surface area (Å²) in [5.74, 6) is -0.183. The number of aryl methyl sites for hydroxylation is 1. The number of aromatic nitrogens is 2. The molecule has 0 spiro atoms. The summed E-state index contributed by atoms with van der Waals surface area (Å²) in [5, 5.41) is 0. The molecule has 1 atom stereocenters. The Morgan fingerprint density at radius 3 is 2.86 bits per heavy atom. The first-order valence-corrected chi connectivity index (χ1v) is 7.04. The third-order valence-corrected chi connectivity index (χ3v) is 4.03. The van der Waals surface area contributed by atoms with Crippen LogP contribution in [0.5, 0.6) is 0 Å². The van der Waals surface area contributed by atoms with Crippen molar-refractivity contribution in [1.29, 1.82) is 0 Å². The Labute approximate surface area is 124 Å². The fraction of sp³-hybridized carbons (Fsp3) is 0.375. The fourth-order valence-electron chi connectivity index (χ4n) is 2.87. The van der Waals surface area contributed by atoms with E-state index in [2.05, 4.69) is 22.0 Å². The van der Waals surface area contributed by atoms with Crippen LogP contribution in [0.3, 0.4) is 0 Å². The summed E-state index contributed by atoms with van der Waals surface area (Å²) >= 11 is 0. The molecule has 0 saturated carbocycles. The normalized spacial score (nSPS) is 18.3. The summed E-state index contributed by atoms with van der Waals surface area (Å²) in [6, 6.07) is 9.91. The van der Waals surface area contributed by atoms with E-state index >= 15 is 0 Å². The Morgan fingerprint density at radius 2 is 2.14 bits per heavy atom. The van der Waals surface area contributed by atoms with Crippen molar-refractivity contribution in [2.24, 2.45) is 7.05 Å². The Morgan fingerprint density at radius 1 is 1.38 bits per heavy atom. The maximum absolute atomic E-state index is 12.1. The minimum absolute atomic E-state index is 0.183. The molecule has 5 nitrogen and oxygen atoms in total. The van der Waals surface area contributed by atoms with Gasteiger partial charge in [-0.25, -0.2) is 4.98 Å². The summed E-state index contributed by atoms with van der Waals surface area (Å²) in [7, 11) is 3.41. The smallest absolute Gasteiger partial charge is 0.323 e. The number of hydrogen-bond acceptors (Lipinski definition) is 4. The number of hydrogen-bond donors (Lipinski definition) is 0. The lowest BCUT2D eigenvalue weighted by molar-refractivity contribution is -0.148. The molecule has 0 fully saturated rings. The van der Waals surface area contributed by atoms with Gasteiger partial charge in [0.25, 0.3) is 0 Å². The highest BCUT2D eigenvalue weighted by atomic mass is 16.5. The van der Waals surface area contributed by atoms with E-state index in [4.69, 9.17) is 4.74 Å². The SMILES string of the molecule is COC(=O)C1Cc2c(ncn2C)CN1Cc1ccccc1. The van der Waals surface area contributed by atoms with E-state index in [0.29, 0.717) is 13.0 Å². The number of ether oxygens (including phenoxy) is 1. The molecule has 110 valence electrons. The lowest BCUT2D eigenvalue weighted by Crippen LogP contribution is -2.46. The minimum Gasteiger partial charge on any atom is -0.468 e. The second-order valence-corrected chi connectivity index (χ2v) is 5.38. The van der Waals surface area contributed by atoms with Crippen LogP contribution in [0.25, 0.3) is 0 Å².